The molecule has 0 heterocycles. The molecule has 0 fully saturated rings. The predicted octanol–water partition coefficient (Wildman–Crippen LogP) is 2.70. The van der Waals surface area contributed by atoms with Gasteiger partial charge in [-0.2, -0.15) is 0 Å². The summed E-state index contributed by atoms with van der Waals surface area (Å²) in [7, 11) is 2.04. The van der Waals surface area contributed by atoms with E-state index in [0.717, 1.165) is 19.2 Å². The summed E-state index contributed by atoms with van der Waals surface area (Å²) in [6, 6.07) is 2.78. The second kappa shape index (κ2) is 6.81. The highest BCUT2D eigenvalue weighted by atomic mass is 19.1. The van der Waals surface area contributed by atoms with Gasteiger partial charge in [-0.15, -0.1) is 0 Å². The SMILES string of the molecule is CCN(C)CC(C)NCc1cc(C)c(F)cc1F. The van der Waals surface area contributed by atoms with Crippen molar-refractivity contribution < 1.29 is 8.78 Å². The van der Waals surface area contributed by atoms with E-state index in [-0.39, 0.29) is 6.04 Å². The van der Waals surface area contributed by atoms with E-state index in [9.17, 15) is 8.78 Å². The molecule has 1 aromatic carbocycles. The van der Waals surface area contributed by atoms with E-state index in [1.165, 1.54) is 0 Å². The molecule has 0 bridgehead atoms. The van der Waals surface area contributed by atoms with Gasteiger partial charge in [0.2, 0.25) is 0 Å². The van der Waals surface area contributed by atoms with Crippen molar-refractivity contribution in [1.29, 1.82) is 0 Å². The topological polar surface area (TPSA) is 15.3 Å². The monoisotopic (exact) mass is 256 g/mol. The first-order chi connectivity index (χ1) is 8.43. The molecule has 1 unspecified atom stereocenters. The first-order valence-electron chi connectivity index (χ1n) is 6.30. The molecule has 1 aromatic rings. The number of rotatable bonds is 6. The Kier molecular flexibility index (Phi) is 5.69. The van der Waals surface area contributed by atoms with Gasteiger partial charge in [-0.3, -0.25) is 0 Å². The van der Waals surface area contributed by atoms with Crippen LogP contribution in [0.5, 0.6) is 0 Å². The minimum absolute atomic E-state index is 0.264. The van der Waals surface area contributed by atoms with Crippen LogP contribution >= 0.6 is 0 Å². The van der Waals surface area contributed by atoms with E-state index in [2.05, 4.69) is 24.1 Å². The molecule has 0 amide bonds. The summed E-state index contributed by atoms with van der Waals surface area (Å²) in [6.07, 6.45) is 0. The van der Waals surface area contributed by atoms with Gasteiger partial charge >= 0.3 is 0 Å². The van der Waals surface area contributed by atoms with Gasteiger partial charge in [0.25, 0.3) is 0 Å². The number of nitrogens with one attached hydrogen (secondary N) is 1. The van der Waals surface area contributed by atoms with E-state index in [0.29, 0.717) is 17.7 Å². The molecular weight excluding hydrogens is 234 g/mol. The Hall–Kier alpha value is -1.00. The number of hydrogen-bond donors (Lipinski definition) is 1. The number of hydrogen-bond acceptors (Lipinski definition) is 2. The van der Waals surface area contributed by atoms with Crippen molar-refractivity contribution in [2.24, 2.45) is 0 Å². The lowest BCUT2D eigenvalue weighted by Crippen LogP contribution is -2.37. The van der Waals surface area contributed by atoms with E-state index in [4.69, 9.17) is 0 Å². The zero-order valence-electron chi connectivity index (χ0n) is 11.6. The third-order valence-electron chi connectivity index (χ3n) is 3.09. The van der Waals surface area contributed by atoms with Gasteiger partial charge < -0.3 is 10.2 Å². The van der Waals surface area contributed by atoms with Crippen LogP contribution in [0, 0.1) is 18.6 Å². The number of nitrogens with zero attached hydrogens (tertiary/aromatic N) is 1. The predicted molar refractivity (Wildman–Crippen MR) is 70.6 cm³/mol. The molecule has 0 saturated heterocycles. The molecule has 0 aliphatic rings. The van der Waals surface area contributed by atoms with Gasteiger partial charge in [0.1, 0.15) is 11.6 Å². The van der Waals surface area contributed by atoms with Crippen molar-refractivity contribution in [2.45, 2.75) is 33.4 Å². The first kappa shape index (κ1) is 15.1. The van der Waals surface area contributed by atoms with Crippen LogP contribution in [0.4, 0.5) is 8.78 Å². The van der Waals surface area contributed by atoms with Crippen LogP contribution in [0.2, 0.25) is 0 Å². The van der Waals surface area contributed by atoms with Crippen LogP contribution < -0.4 is 5.32 Å². The third kappa shape index (κ3) is 4.35. The lowest BCUT2D eigenvalue weighted by molar-refractivity contribution is 0.309. The standard InChI is InChI=1S/C14H22F2N2/c1-5-18(4)9-11(3)17-8-12-6-10(2)13(15)7-14(12)16/h6-7,11,17H,5,8-9H2,1-4H3. The van der Waals surface area contributed by atoms with Gasteiger partial charge in [-0.1, -0.05) is 6.92 Å². The summed E-state index contributed by atoms with van der Waals surface area (Å²) >= 11 is 0. The van der Waals surface area contributed by atoms with Crippen molar-refractivity contribution in [3.05, 3.63) is 34.9 Å². The van der Waals surface area contributed by atoms with Gasteiger partial charge in [0.15, 0.2) is 0 Å². The molecule has 4 heteroatoms. The van der Waals surface area contributed by atoms with Crippen LogP contribution in [-0.2, 0) is 6.54 Å². The van der Waals surface area contributed by atoms with E-state index in [1.54, 1.807) is 13.0 Å². The van der Waals surface area contributed by atoms with E-state index < -0.39 is 11.6 Å². The summed E-state index contributed by atoms with van der Waals surface area (Å²) in [6.45, 7) is 8.10. The van der Waals surface area contributed by atoms with Crippen LogP contribution in [0.1, 0.15) is 25.0 Å². The van der Waals surface area contributed by atoms with Crippen molar-refractivity contribution in [1.82, 2.24) is 10.2 Å². The first-order valence-corrected chi connectivity index (χ1v) is 6.30. The Bertz CT molecular complexity index is 394. The highest BCUT2D eigenvalue weighted by Gasteiger charge is 2.09. The smallest absolute Gasteiger partial charge is 0.130 e. The van der Waals surface area contributed by atoms with Crippen molar-refractivity contribution in [3.63, 3.8) is 0 Å². The summed E-state index contributed by atoms with van der Waals surface area (Å²) in [5.41, 5.74) is 0.992. The molecule has 0 spiro atoms. The summed E-state index contributed by atoms with van der Waals surface area (Å²) < 4.78 is 26.6. The Morgan fingerprint density at radius 2 is 1.94 bits per heavy atom. The van der Waals surface area contributed by atoms with Crippen molar-refractivity contribution >= 4 is 0 Å². The minimum Gasteiger partial charge on any atom is -0.309 e. The van der Waals surface area contributed by atoms with Crippen LogP contribution in [-0.4, -0.2) is 31.1 Å². The molecule has 18 heavy (non-hydrogen) atoms. The van der Waals surface area contributed by atoms with Gasteiger partial charge in [0.05, 0.1) is 0 Å². The molecule has 0 radical (unpaired) electrons. The highest BCUT2D eigenvalue weighted by Crippen LogP contribution is 2.14. The maximum absolute atomic E-state index is 13.5. The van der Waals surface area contributed by atoms with Crippen LogP contribution in [0.3, 0.4) is 0 Å². The lowest BCUT2D eigenvalue weighted by atomic mass is 10.1. The fraction of sp³-hybridized carbons (Fsp3) is 0.571. The van der Waals surface area contributed by atoms with Crippen molar-refractivity contribution in [3.8, 4) is 0 Å². The summed E-state index contributed by atoms with van der Waals surface area (Å²) in [5, 5.41) is 3.25. The second-order valence-electron chi connectivity index (χ2n) is 4.83. The summed E-state index contributed by atoms with van der Waals surface area (Å²) in [4.78, 5) is 2.18. The fourth-order valence-corrected chi connectivity index (χ4v) is 1.80. The van der Waals surface area contributed by atoms with Crippen LogP contribution in [0.25, 0.3) is 0 Å². The Morgan fingerprint density at radius 3 is 2.56 bits per heavy atom. The maximum atomic E-state index is 13.5. The van der Waals surface area contributed by atoms with E-state index in [1.807, 2.05) is 7.05 Å². The molecule has 0 aromatic heterocycles. The number of aryl methyl sites for hydroxylation is 1. The maximum Gasteiger partial charge on any atom is 0.130 e. The quantitative estimate of drug-likeness (QED) is 0.842. The third-order valence-corrected chi connectivity index (χ3v) is 3.09. The molecule has 0 aliphatic heterocycles. The van der Waals surface area contributed by atoms with Crippen molar-refractivity contribution in [2.75, 3.05) is 20.1 Å². The Morgan fingerprint density at radius 1 is 1.28 bits per heavy atom. The molecular formula is C14H22F2N2. The molecule has 1 rings (SSSR count). The molecule has 1 N–H and O–H groups in total. The second-order valence-corrected chi connectivity index (χ2v) is 4.83. The summed E-state index contributed by atoms with van der Waals surface area (Å²) in [5.74, 6) is -0.975. The Labute approximate surface area is 108 Å². The van der Waals surface area contributed by atoms with Gasteiger partial charge in [0, 0.05) is 30.8 Å². The number of likely N-dealkylation sites (N-methyl/N-ethyl adjacent to an activating group) is 1. The van der Waals surface area contributed by atoms with Crippen LogP contribution in [0.15, 0.2) is 12.1 Å². The molecule has 102 valence electrons. The molecule has 1 atom stereocenters. The highest BCUT2D eigenvalue weighted by molar-refractivity contribution is 5.25. The Balaban J connectivity index is 2.55. The van der Waals surface area contributed by atoms with Gasteiger partial charge in [-0.05, 0) is 39.1 Å². The number of halogens is 2. The normalized spacial score (nSPS) is 13.1. The molecule has 0 saturated carbocycles. The molecule has 0 aliphatic carbocycles. The zero-order valence-corrected chi connectivity index (χ0v) is 11.6. The minimum atomic E-state index is -0.491. The average molecular weight is 256 g/mol. The average Bonchev–Trinajstić information content (AvgIpc) is 2.32. The van der Waals surface area contributed by atoms with E-state index >= 15 is 0 Å². The fourth-order valence-electron chi connectivity index (χ4n) is 1.80. The van der Waals surface area contributed by atoms with Gasteiger partial charge in [-0.25, -0.2) is 8.78 Å². The number of benzene rings is 1. The lowest BCUT2D eigenvalue weighted by Gasteiger charge is -2.21. The zero-order chi connectivity index (χ0) is 13.7. The molecule has 2 nitrogen and oxygen atoms in total. The largest absolute Gasteiger partial charge is 0.309 e.